The van der Waals surface area contributed by atoms with Crippen molar-refractivity contribution in [2.24, 2.45) is 11.8 Å². The highest BCUT2D eigenvalue weighted by molar-refractivity contribution is 5.78. The Bertz CT molecular complexity index is 1180. The van der Waals surface area contributed by atoms with E-state index in [9.17, 15) is 17.6 Å². The van der Waals surface area contributed by atoms with Crippen molar-refractivity contribution in [1.29, 1.82) is 0 Å². The fourth-order valence-corrected chi connectivity index (χ4v) is 5.47. The average molecular weight is 483 g/mol. The summed E-state index contributed by atoms with van der Waals surface area (Å²) in [4.78, 5) is 0. The lowest BCUT2D eigenvalue weighted by molar-refractivity contribution is 0.278. The molecule has 0 nitrogen and oxygen atoms in total. The summed E-state index contributed by atoms with van der Waals surface area (Å²) < 4.78 is 58.5. The summed E-state index contributed by atoms with van der Waals surface area (Å²) in [7, 11) is 0. The molecule has 0 aliphatic heterocycles. The molecular weight excluding hydrogens is 448 g/mol. The molecule has 35 heavy (non-hydrogen) atoms. The second-order valence-corrected chi connectivity index (χ2v) is 10.5. The van der Waals surface area contributed by atoms with Gasteiger partial charge in [0, 0.05) is 11.1 Å². The quantitative estimate of drug-likeness (QED) is 0.222. The smallest absolute Gasteiger partial charge is 0.167 e. The van der Waals surface area contributed by atoms with Crippen LogP contribution >= 0.6 is 0 Å². The van der Waals surface area contributed by atoms with E-state index in [2.05, 4.69) is 20.1 Å². The van der Waals surface area contributed by atoms with E-state index in [4.69, 9.17) is 0 Å². The van der Waals surface area contributed by atoms with Gasteiger partial charge in [-0.05, 0) is 73.1 Å². The monoisotopic (exact) mass is 482 g/mol. The predicted molar refractivity (Wildman–Crippen MR) is 135 cm³/mol. The fourth-order valence-electron chi connectivity index (χ4n) is 5.47. The lowest BCUT2D eigenvalue weighted by atomic mass is 9.80. The SMILES string of the molecule is C=C(/C=C\C(=C)CCC1CCC(C)CC1)CCc1cc2c(c(F)c1F)-c1c(cc(C)c(F)c1F)C2. The van der Waals surface area contributed by atoms with Crippen LogP contribution < -0.4 is 0 Å². The molecule has 2 aromatic carbocycles. The first kappa shape index (κ1) is 25.5. The molecule has 2 aliphatic carbocycles. The van der Waals surface area contributed by atoms with Crippen LogP contribution in [-0.4, -0.2) is 0 Å². The third-order valence-electron chi connectivity index (χ3n) is 7.74. The highest BCUT2D eigenvalue weighted by Gasteiger charge is 2.31. The van der Waals surface area contributed by atoms with Gasteiger partial charge in [0.1, 0.15) is 0 Å². The minimum atomic E-state index is -1.11. The number of rotatable bonds is 8. The van der Waals surface area contributed by atoms with Crippen LogP contribution in [0.4, 0.5) is 17.6 Å². The van der Waals surface area contributed by atoms with E-state index in [-0.39, 0.29) is 35.1 Å². The number of allylic oxidation sites excluding steroid dienone is 4. The molecule has 1 fully saturated rings. The van der Waals surface area contributed by atoms with E-state index in [1.165, 1.54) is 38.7 Å². The van der Waals surface area contributed by atoms with Crippen LogP contribution in [0.5, 0.6) is 0 Å². The van der Waals surface area contributed by atoms with E-state index in [0.717, 1.165) is 35.8 Å². The molecule has 4 rings (SSSR count). The molecule has 0 aromatic heterocycles. The zero-order chi connectivity index (χ0) is 25.3. The maximum Gasteiger partial charge on any atom is 0.167 e. The Morgan fingerprint density at radius 1 is 0.829 bits per heavy atom. The van der Waals surface area contributed by atoms with Gasteiger partial charge in [-0.15, -0.1) is 0 Å². The third kappa shape index (κ3) is 5.47. The second-order valence-electron chi connectivity index (χ2n) is 10.5. The molecule has 0 bridgehead atoms. The summed E-state index contributed by atoms with van der Waals surface area (Å²) in [5.41, 5.74) is 2.93. The van der Waals surface area contributed by atoms with E-state index >= 15 is 0 Å². The Labute approximate surface area is 206 Å². The van der Waals surface area contributed by atoms with Gasteiger partial charge in [-0.2, -0.15) is 0 Å². The summed E-state index contributed by atoms with van der Waals surface area (Å²) in [6, 6.07) is 3.10. The van der Waals surface area contributed by atoms with E-state index < -0.39 is 23.3 Å². The van der Waals surface area contributed by atoms with Gasteiger partial charge in [0.05, 0.1) is 0 Å². The Hall–Kier alpha value is -2.62. The Balaban J connectivity index is 1.36. The van der Waals surface area contributed by atoms with Gasteiger partial charge in [0.15, 0.2) is 23.3 Å². The number of fused-ring (bicyclic) bond motifs is 3. The fraction of sp³-hybridized carbons (Fsp3) is 0.419. The largest absolute Gasteiger partial charge is 0.203 e. The van der Waals surface area contributed by atoms with Crippen LogP contribution in [0.1, 0.15) is 74.1 Å². The molecule has 0 saturated heterocycles. The highest BCUT2D eigenvalue weighted by Crippen LogP contribution is 2.43. The van der Waals surface area contributed by atoms with Gasteiger partial charge in [0.25, 0.3) is 0 Å². The van der Waals surface area contributed by atoms with Crippen molar-refractivity contribution in [2.45, 2.75) is 71.6 Å². The van der Waals surface area contributed by atoms with Gasteiger partial charge in [0.2, 0.25) is 0 Å². The maximum absolute atomic E-state index is 15.0. The summed E-state index contributed by atoms with van der Waals surface area (Å²) in [6.45, 7) is 12.0. The minimum Gasteiger partial charge on any atom is -0.203 e. The summed E-state index contributed by atoms with van der Waals surface area (Å²) in [6.07, 6.45) is 12.3. The number of halogens is 4. The van der Waals surface area contributed by atoms with E-state index in [1.807, 2.05) is 12.2 Å². The first-order valence-electron chi connectivity index (χ1n) is 12.7. The molecule has 0 heterocycles. The van der Waals surface area contributed by atoms with Gasteiger partial charge < -0.3 is 0 Å². The van der Waals surface area contributed by atoms with Crippen LogP contribution in [0, 0.1) is 42.0 Å². The van der Waals surface area contributed by atoms with Gasteiger partial charge in [-0.25, -0.2) is 17.6 Å². The standard InChI is InChI=1S/C31H34F4/c1-18(7-11-22-12-8-20(3)9-13-22)5-6-19(2)10-14-23-16-25-17-24-15-21(4)28(32)30(34)26(24)27(25)31(35)29(23)33/h5-6,15-16,20,22H,1-2,7-14,17H2,3-4H3/b6-5-. The van der Waals surface area contributed by atoms with Crippen LogP contribution in [0.3, 0.4) is 0 Å². The molecule has 0 amide bonds. The highest BCUT2D eigenvalue weighted by atomic mass is 19.2. The molecule has 0 unspecified atom stereocenters. The maximum atomic E-state index is 15.0. The van der Waals surface area contributed by atoms with E-state index in [0.29, 0.717) is 17.5 Å². The van der Waals surface area contributed by atoms with Crippen molar-refractivity contribution in [3.63, 3.8) is 0 Å². The van der Waals surface area contributed by atoms with Crippen LogP contribution in [0.15, 0.2) is 48.6 Å². The van der Waals surface area contributed by atoms with Gasteiger partial charge >= 0.3 is 0 Å². The number of hydrogen-bond acceptors (Lipinski definition) is 0. The summed E-state index contributed by atoms with van der Waals surface area (Å²) in [5.74, 6) is -2.59. The van der Waals surface area contributed by atoms with Crippen molar-refractivity contribution in [2.75, 3.05) is 0 Å². The normalized spacial score (nSPS) is 19.1. The van der Waals surface area contributed by atoms with E-state index in [1.54, 1.807) is 6.07 Å². The molecule has 0 spiro atoms. The molecule has 1 saturated carbocycles. The Morgan fingerprint density at radius 2 is 1.40 bits per heavy atom. The first-order chi connectivity index (χ1) is 16.7. The van der Waals surface area contributed by atoms with Gasteiger partial charge in [-0.1, -0.05) is 81.2 Å². The van der Waals surface area contributed by atoms with Gasteiger partial charge in [-0.3, -0.25) is 0 Å². The molecule has 4 heteroatoms. The zero-order valence-electron chi connectivity index (χ0n) is 20.8. The zero-order valence-corrected chi connectivity index (χ0v) is 20.8. The molecule has 186 valence electrons. The Morgan fingerprint density at radius 3 is 2.06 bits per heavy atom. The lowest BCUT2D eigenvalue weighted by Gasteiger charge is -2.26. The number of hydrogen-bond donors (Lipinski definition) is 0. The summed E-state index contributed by atoms with van der Waals surface area (Å²) >= 11 is 0. The molecule has 0 N–H and O–H groups in total. The summed E-state index contributed by atoms with van der Waals surface area (Å²) in [5, 5.41) is 0. The molecular formula is C31H34F4. The Kier molecular flexibility index (Phi) is 7.68. The van der Waals surface area contributed by atoms with Crippen molar-refractivity contribution < 1.29 is 17.6 Å². The molecule has 2 aliphatic rings. The first-order valence-corrected chi connectivity index (χ1v) is 12.7. The predicted octanol–water partition coefficient (Wildman–Crippen LogP) is 9.33. The molecule has 0 radical (unpaired) electrons. The van der Waals surface area contributed by atoms with Crippen molar-refractivity contribution in [1.82, 2.24) is 0 Å². The molecule has 0 atom stereocenters. The van der Waals surface area contributed by atoms with Crippen LogP contribution in [0.25, 0.3) is 11.1 Å². The topological polar surface area (TPSA) is 0 Å². The van der Waals surface area contributed by atoms with Crippen molar-refractivity contribution >= 4 is 0 Å². The van der Waals surface area contributed by atoms with Crippen molar-refractivity contribution in [3.8, 4) is 11.1 Å². The lowest BCUT2D eigenvalue weighted by Crippen LogP contribution is -2.12. The number of benzene rings is 2. The van der Waals surface area contributed by atoms with Crippen molar-refractivity contribution in [3.05, 3.63) is 94.1 Å². The van der Waals surface area contributed by atoms with Crippen LogP contribution in [-0.2, 0) is 12.8 Å². The average Bonchev–Trinajstić information content (AvgIpc) is 3.20. The third-order valence-corrected chi connectivity index (χ3v) is 7.74. The second kappa shape index (κ2) is 10.6. The number of aryl methyl sites for hydroxylation is 2. The minimum absolute atomic E-state index is 0.153. The van der Waals surface area contributed by atoms with Crippen LogP contribution in [0.2, 0.25) is 0 Å². The molecule has 2 aromatic rings.